The van der Waals surface area contributed by atoms with Crippen molar-refractivity contribution in [3.8, 4) is 0 Å². The van der Waals surface area contributed by atoms with Crippen LogP contribution in [0.5, 0.6) is 0 Å². The predicted molar refractivity (Wildman–Crippen MR) is 77.4 cm³/mol. The summed E-state index contributed by atoms with van der Waals surface area (Å²) in [5.41, 5.74) is 8.84. The lowest BCUT2D eigenvalue weighted by molar-refractivity contribution is -0.149. The molecular formula is C16H24N2O2. The standard InChI is InChI=1S/C16H24N2O2/c1-12-8-14(11-18-10-12)15(17)13-2-5-20-16(9-13)3-6-19-7-4-16/h8,10-11,13,15H,2-7,9,17H2,1H3. The second-order valence-electron chi connectivity index (χ2n) is 6.22. The van der Waals surface area contributed by atoms with Gasteiger partial charge in [0.1, 0.15) is 0 Å². The summed E-state index contributed by atoms with van der Waals surface area (Å²) in [7, 11) is 0. The summed E-state index contributed by atoms with van der Waals surface area (Å²) >= 11 is 0. The van der Waals surface area contributed by atoms with E-state index in [1.54, 1.807) is 0 Å². The first kappa shape index (κ1) is 14.0. The third-order valence-electron chi connectivity index (χ3n) is 4.72. The van der Waals surface area contributed by atoms with E-state index in [0.29, 0.717) is 5.92 Å². The minimum Gasteiger partial charge on any atom is -0.381 e. The molecular weight excluding hydrogens is 252 g/mol. The molecule has 0 saturated carbocycles. The molecule has 3 rings (SSSR count). The first-order valence-electron chi connectivity index (χ1n) is 7.57. The molecule has 20 heavy (non-hydrogen) atoms. The fourth-order valence-corrected chi connectivity index (χ4v) is 3.50. The number of rotatable bonds is 2. The van der Waals surface area contributed by atoms with E-state index in [9.17, 15) is 0 Å². The van der Waals surface area contributed by atoms with Gasteiger partial charge in [-0.1, -0.05) is 6.07 Å². The maximum atomic E-state index is 6.50. The van der Waals surface area contributed by atoms with E-state index < -0.39 is 0 Å². The zero-order valence-corrected chi connectivity index (χ0v) is 12.2. The normalized spacial score (nSPS) is 27.4. The van der Waals surface area contributed by atoms with E-state index in [4.69, 9.17) is 15.2 Å². The third-order valence-corrected chi connectivity index (χ3v) is 4.72. The van der Waals surface area contributed by atoms with Crippen molar-refractivity contribution in [2.75, 3.05) is 19.8 Å². The molecule has 2 atom stereocenters. The fourth-order valence-electron chi connectivity index (χ4n) is 3.50. The summed E-state index contributed by atoms with van der Waals surface area (Å²) in [5.74, 6) is 0.477. The molecule has 2 fully saturated rings. The monoisotopic (exact) mass is 276 g/mol. The zero-order valence-electron chi connectivity index (χ0n) is 12.2. The van der Waals surface area contributed by atoms with E-state index in [0.717, 1.165) is 51.1 Å². The summed E-state index contributed by atoms with van der Waals surface area (Å²) in [5, 5.41) is 0. The minimum absolute atomic E-state index is 0.00996. The Hall–Kier alpha value is -0.970. The SMILES string of the molecule is Cc1cncc(C(N)C2CCOC3(CCOCC3)C2)c1. The number of aromatic nitrogens is 1. The van der Waals surface area contributed by atoms with Gasteiger partial charge in [0.2, 0.25) is 0 Å². The Labute approximate surface area is 120 Å². The van der Waals surface area contributed by atoms with Gasteiger partial charge >= 0.3 is 0 Å². The fraction of sp³-hybridized carbons (Fsp3) is 0.688. The highest BCUT2D eigenvalue weighted by Crippen LogP contribution is 2.40. The molecule has 0 amide bonds. The predicted octanol–water partition coefficient (Wildman–Crippen LogP) is 2.37. The van der Waals surface area contributed by atoms with Crippen molar-refractivity contribution in [2.45, 2.75) is 44.2 Å². The van der Waals surface area contributed by atoms with Crippen LogP contribution in [-0.4, -0.2) is 30.4 Å². The molecule has 0 aromatic carbocycles. The Balaban J connectivity index is 1.73. The molecule has 0 aliphatic carbocycles. The molecule has 4 heteroatoms. The van der Waals surface area contributed by atoms with Crippen molar-refractivity contribution in [2.24, 2.45) is 11.7 Å². The van der Waals surface area contributed by atoms with Gasteiger partial charge in [0, 0.05) is 38.3 Å². The first-order chi connectivity index (χ1) is 9.69. The van der Waals surface area contributed by atoms with Gasteiger partial charge in [-0.2, -0.15) is 0 Å². The van der Waals surface area contributed by atoms with Gasteiger partial charge in [-0.3, -0.25) is 4.98 Å². The van der Waals surface area contributed by atoms with Gasteiger partial charge in [0.25, 0.3) is 0 Å². The van der Waals surface area contributed by atoms with Crippen molar-refractivity contribution >= 4 is 0 Å². The molecule has 1 aromatic heterocycles. The number of nitrogens with zero attached hydrogens (tertiary/aromatic N) is 1. The topological polar surface area (TPSA) is 57.4 Å². The number of ether oxygens (including phenoxy) is 2. The lowest BCUT2D eigenvalue weighted by Gasteiger charge is -2.44. The first-order valence-corrected chi connectivity index (χ1v) is 7.57. The van der Waals surface area contributed by atoms with Crippen molar-refractivity contribution in [1.29, 1.82) is 0 Å². The molecule has 2 saturated heterocycles. The molecule has 2 aliphatic rings. The number of aryl methyl sites for hydroxylation is 1. The van der Waals surface area contributed by atoms with Crippen molar-refractivity contribution in [3.05, 3.63) is 29.6 Å². The van der Waals surface area contributed by atoms with E-state index in [1.165, 1.54) is 5.56 Å². The lowest BCUT2D eigenvalue weighted by atomic mass is 9.76. The Bertz CT molecular complexity index is 452. The molecule has 3 heterocycles. The summed E-state index contributed by atoms with van der Waals surface area (Å²) in [4.78, 5) is 4.27. The van der Waals surface area contributed by atoms with Gasteiger partial charge in [-0.15, -0.1) is 0 Å². The maximum Gasteiger partial charge on any atom is 0.0729 e. The second kappa shape index (κ2) is 5.80. The maximum absolute atomic E-state index is 6.50. The Kier molecular flexibility index (Phi) is 4.06. The summed E-state index contributed by atoms with van der Waals surface area (Å²) in [6, 6.07) is 2.22. The highest BCUT2D eigenvalue weighted by Gasteiger charge is 2.40. The van der Waals surface area contributed by atoms with Crippen LogP contribution < -0.4 is 5.73 Å². The number of hydrogen-bond donors (Lipinski definition) is 1. The van der Waals surface area contributed by atoms with Crippen LogP contribution in [0.25, 0.3) is 0 Å². The smallest absolute Gasteiger partial charge is 0.0729 e. The van der Waals surface area contributed by atoms with Crippen molar-refractivity contribution in [1.82, 2.24) is 4.98 Å². The van der Waals surface area contributed by atoms with E-state index in [2.05, 4.69) is 18.0 Å². The summed E-state index contributed by atoms with van der Waals surface area (Å²) in [6.45, 7) is 4.51. The number of pyridine rings is 1. The van der Waals surface area contributed by atoms with Crippen LogP contribution in [0, 0.1) is 12.8 Å². The zero-order chi connectivity index (χ0) is 14.0. The molecule has 2 aliphatic heterocycles. The Morgan fingerprint density at radius 3 is 2.85 bits per heavy atom. The minimum atomic E-state index is 0.00996. The van der Waals surface area contributed by atoms with Crippen LogP contribution >= 0.6 is 0 Å². The molecule has 2 N–H and O–H groups in total. The highest BCUT2D eigenvalue weighted by molar-refractivity contribution is 5.20. The quantitative estimate of drug-likeness (QED) is 0.901. The van der Waals surface area contributed by atoms with Gasteiger partial charge < -0.3 is 15.2 Å². The third kappa shape index (κ3) is 2.87. The van der Waals surface area contributed by atoms with E-state index in [1.807, 2.05) is 12.4 Å². The van der Waals surface area contributed by atoms with Crippen LogP contribution in [0.15, 0.2) is 18.5 Å². The van der Waals surface area contributed by atoms with E-state index in [-0.39, 0.29) is 11.6 Å². The van der Waals surface area contributed by atoms with Gasteiger partial charge in [-0.05, 0) is 49.7 Å². The average molecular weight is 276 g/mol. The summed E-state index contributed by atoms with van der Waals surface area (Å²) in [6.07, 6.45) is 7.87. The molecule has 110 valence electrons. The van der Waals surface area contributed by atoms with Gasteiger partial charge in [-0.25, -0.2) is 0 Å². The van der Waals surface area contributed by atoms with Crippen LogP contribution in [0.1, 0.15) is 42.9 Å². The van der Waals surface area contributed by atoms with Gasteiger partial charge in [0.15, 0.2) is 0 Å². The van der Waals surface area contributed by atoms with Crippen LogP contribution in [0.4, 0.5) is 0 Å². The highest BCUT2D eigenvalue weighted by atomic mass is 16.5. The second-order valence-corrected chi connectivity index (χ2v) is 6.22. The molecule has 0 bridgehead atoms. The molecule has 1 spiro atoms. The largest absolute Gasteiger partial charge is 0.381 e. The Morgan fingerprint density at radius 1 is 1.30 bits per heavy atom. The lowest BCUT2D eigenvalue weighted by Crippen LogP contribution is -2.46. The number of nitrogens with two attached hydrogens (primary N) is 1. The van der Waals surface area contributed by atoms with E-state index >= 15 is 0 Å². The summed E-state index contributed by atoms with van der Waals surface area (Å²) < 4.78 is 11.6. The molecule has 0 radical (unpaired) electrons. The van der Waals surface area contributed by atoms with Crippen LogP contribution in [0.3, 0.4) is 0 Å². The van der Waals surface area contributed by atoms with Gasteiger partial charge in [0.05, 0.1) is 5.60 Å². The van der Waals surface area contributed by atoms with Crippen molar-refractivity contribution in [3.63, 3.8) is 0 Å². The van der Waals surface area contributed by atoms with Crippen molar-refractivity contribution < 1.29 is 9.47 Å². The number of hydrogen-bond acceptors (Lipinski definition) is 4. The molecule has 1 aromatic rings. The Morgan fingerprint density at radius 2 is 2.10 bits per heavy atom. The average Bonchev–Trinajstić information content (AvgIpc) is 2.47. The molecule has 4 nitrogen and oxygen atoms in total. The van der Waals surface area contributed by atoms with Crippen LogP contribution in [-0.2, 0) is 9.47 Å². The molecule has 2 unspecified atom stereocenters. The van der Waals surface area contributed by atoms with Crippen LogP contribution in [0.2, 0.25) is 0 Å².